The highest BCUT2D eigenvalue weighted by molar-refractivity contribution is 5.73. The first-order valence-electron chi connectivity index (χ1n) is 8.60. The average molecular weight is 312 g/mol. The number of hydrogen-bond acceptors (Lipinski definition) is 4. The number of nitrogens with zero attached hydrogens (tertiary/aromatic N) is 2. The predicted molar refractivity (Wildman–Crippen MR) is 88.2 cm³/mol. The molecule has 0 radical (unpaired) electrons. The molecule has 0 aromatic rings. The number of nitrogens with one attached hydrogen (secondary N) is 2. The van der Waals surface area contributed by atoms with Gasteiger partial charge in [-0.3, -0.25) is 4.90 Å². The molecule has 0 aliphatic carbocycles. The minimum atomic E-state index is -0.0765. The third kappa shape index (κ3) is 4.83. The molecule has 6 nitrogen and oxygen atoms in total. The van der Waals surface area contributed by atoms with Crippen molar-refractivity contribution >= 4 is 6.03 Å². The van der Waals surface area contributed by atoms with E-state index in [2.05, 4.69) is 27.5 Å². The van der Waals surface area contributed by atoms with Gasteiger partial charge < -0.3 is 20.3 Å². The number of rotatable bonds is 6. The van der Waals surface area contributed by atoms with Crippen molar-refractivity contribution in [1.82, 2.24) is 20.4 Å². The van der Waals surface area contributed by atoms with Gasteiger partial charge in [0.2, 0.25) is 0 Å². The maximum Gasteiger partial charge on any atom is 0.314 e. The zero-order chi connectivity index (χ0) is 15.8. The van der Waals surface area contributed by atoms with Crippen LogP contribution in [0.15, 0.2) is 0 Å². The highest BCUT2D eigenvalue weighted by Crippen LogP contribution is 2.30. The highest BCUT2D eigenvalue weighted by Gasteiger charge is 2.39. The standard InChI is InChI=1S/C16H32N4O2/c1-19-11-6-16(7-12-19,20-9-4-3-5-10-20)14-18-15(21)17-8-13-22-2/h3-14H2,1-2H3,(H2,17,18,21). The molecule has 0 atom stereocenters. The molecule has 2 aliphatic heterocycles. The summed E-state index contributed by atoms with van der Waals surface area (Å²) in [7, 11) is 3.83. The molecule has 22 heavy (non-hydrogen) atoms. The molecule has 2 aliphatic rings. The fraction of sp³-hybridized carbons (Fsp3) is 0.938. The van der Waals surface area contributed by atoms with E-state index < -0.39 is 0 Å². The van der Waals surface area contributed by atoms with Crippen molar-refractivity contribution in [3.05, 3.63) is 0 Å². The molecule has 2 amide bonds. The first-order valence-corrected chi connectivity index (χ1v) is 8.60. The van der Waals surface area contributed by atoms with Gasteiger partial charge in [0.1, 0.15) is 0 Å². The lowest BCUT2D eigenvalue weighted by atomic mass is 9.84. The Morgan fingerprint density at radius 2 is 1.77 bits per heavy atom. The second-order valence-corrected chi connectivity index (χ2v) is 6.68. The number of carbonyl (C=O) groups excluding carboxylic acids is 1. The lowest BCUT2D eigenvalue weighted by Gasteiger charge is -2.50. The number of ether oxygens (including phenoxy) is 1. The molecule has 0 bridgehead atoms. The second-order valence-electron chi connectivity index (χ2n) is 6.68. The molecule has 2 N–H and O–H groups in total. The lowest BCUT2D eigenvalue weighted by Crippen LogP contribution is -2.62. The summed E-state index contributed by atoms with van der Waals surface area (Å²) in [5, 5.41) is 5.95. The van der Waals surface area contributed by atoms with Gasteiger partial charge in [-0.25, -0.2) is 4.79 Å². The number of likely N-dealkylation sites (tertiary alicyclic amines) is 2. The maximum atomic E-state index is 11.9. The first kappa shape index (κ1) is 17.5. The Morgan fingerprint density at radius 3 is 2.41 bits per heavy atom. The van der Waals surface area contributed by atoms with Crippen molar-refractivity contribution < 1.29 is 9.53 Å². The van der Waals surface area contributed by atoms with E-state index in [-0.39, 0.29) is 11.6 Å². The molecule has 0 aromatic heterocycles. The number of carbonyl (C=O) groups is 1. The van der Waals surface area contributed by atoms with Crippen molar-refractivity contribution in [2.45, 2.75) is 37.6 Å². The Hall–Kier alpha value is -0.850. The molecule has 2 fully saturated rings. The fourth-order valence-corrected chi connectivity index (χ4v) is 3.58. The molecular weight excluding hydrogens is 280 g/mol. The van der Waals surface area contributed by atoms with Gasteiger partial charge in [-0.2, -0.15) is 0 Å². The van der Waals surface area contributed by atoms with E-state index >= 15 is 0 Å². The summed E-state index contributed by atoms with van der Waals surface area (Å²) < 4.78 is 4.96. The van der Waals surface area contributed by atoms with Crippen LogP contribution in [-0.4, -0.2) is 81.4 Å². The van der Waals surface area contributed by atoms with E-state index in [9.17, 15) is 4.79 Å². The van der Waals surface area contributed by atoms with Crippen molar-refractivity contribution in [2.75, 3.05) is 60.0 Å². The smallest absolute Gasteiger partial charge is 0.314 e. The van der Waals surface area contributed by atoms with Crippen molar-refractivity contribution in [3.8, 4) is 0 Å². The van der Waals surface area contributed by atoms with Crippen LogP contribution in [0.1, 0.15) is 32.1 Å². The van der Waals surface area contributed by atoms with Gasteiger partial charge in [0.25, 0.3) is 0 Å². The minimum absolute atomic E-state index is 0.0765. The van der Waals surface area contributed by atoms with Crippen LogP contribution in [0.4, 0.5) is 4.79 Å². The van der Waals surface area contributed by atoms with Crippen LogP contribution in [0.3, 0.4) is 0 Å². The summed E-state index contributed by atoms with van der Waals surface area (Å²) >= 11 is 0. The van der Waals surface area contributed by atoms with Crippen LogP contribution in [0.5, 0.6) is 0 Å². The van der Waals surface area contributed by atoms with Gasteiger partial charge in [0, 0.05) is 25.7 Å². The molecule has 0 saturated carbocycles. The number of amides is 2. The third-order valence-electron chi connectivity index (χ3n) is 5.11. The van der Waals surface area contributed by atoms with Gasteiger partial charge in [0.15, 0.2) is 0 Å². The average Bonchev–Trinajstić information content (AvgIpc) is 2.56. The first-order chi connectivity index (χ1) is 10.7. The van der Waals surface area contributed by atoms with Gasteiger partial charge in [-0.15, -0.1) is 0 Å². The summed E-state index contributed by atoms with van der Waals surface area (Å²) in [5.41, 5.74) is 0.144. The summed E-state index contributed by atoms with van der Waals surface area (Å²) in [6.07, 6.45) is 6.20. The van der Waals surface area contributed by atoms with Crippen LogP contribution < -0.4 is 10.6 Å². The van der Waals surface area contributed by atoms with Crippen LogP contribution in [0, 0.1) is 0 Å². The summed E-state index contributed by atoms with van der Waals surface area (Å²) in [5.74, 6) is 0. The van der Waals surface area contributed by atoms with Gasteiger partial charge >= 0.3 is 6.03 Å². The quantitative estimate of drug-likeness (QED) is 0.715. The number of urea groups is 1. The van der Waals surface area contributed by atoms with Crippen LogP contribution in [0.25, 0.3) is 0 Å². The fourth-order valence-electron chi connectivity index (χ4n) is 3.58. The van der Waals surface area contributed by atoms with Crippen molar-refractivity contribution in [1.29, 1.82) is 0 Å². The molecule has 2 heterocycles. The molecule has 0 unspecified atom stereocenters. The molecule has 0 aromatic carbocycles. The molecule has 0 spiro atoms. The van der Waals surface area contributed by atoms with E-state index in [4.69, 9.17) is 4.74 Å². The minimum Gasteiger partial charge on any atom is -0.383 e. The third-order valence-corrected chi connectivity index (χ3v) is 5.11. The Balaban J connectivity index is 1.88. The lowest BCUT2D eigenvalue weighted by molar-refractivity contribution is 0.0162. The van der Waals surface area contributed by atoms with Crippen LogP contribution >= 0.6 is 0 Å². The predicted octanol–water partition coefficient (Wildman–Crippen LogP) is 0.882. The summed E-state index contributed by atoms with van der Waals surface area (Å²) in [6.45, 7) is 6.44. The topological polar surface area (TPSA) is 56.8 Å². The Kier molecular flexibility index (Phi) is 6.92. The SMILES string of the molecule is COCCNC(=O)NCC1(N2CCCCC2)CCN(C)CC1. The van der Waals surface area contributed by atoms with Gasteiger partial charge in [0.05, 0.1) is 6.61 Å². The highest BCUT2D eigenvalue weighted by atomic mass is 16.5. The Labute approximate surface area is 134 Å². The van der Waals surface area contributed by atoms with Gasteiger partial charge in [-0.1, -0.05) is 6.42 Å². The van der Waals surface area contributed by atoms with E-state index in [1.807, 2.05) is 0 Å². The van der Waals surface area contributed by atoms with Crippen LogP contribution in [0.2, 0.25) is 0 Å². The van der Waals surface area contributed by atoms with E-state index in [0.717, 1.165) is 32.5 Å². The summed E-state index contributed by atoms with van der Waals surface area (Å²) in [6, 6.07) is -0.0765. The molecule has 2 rings (SSSR count). The number of methoxy groups -OCH3 is 1. The Morgan fingerprint density at radius 1 is 1.09 bits per heavy atom. The zero-order valence-electron chi connectivity index (χ0n) is 14.2. The number of hydrogen-bond donors (Lipinski definition) is 2. The molecular formula is C16H32N4O2. The molecule has 2 saturated heterocycles. The molecule has 6 heteroatoms. The van der Waals surface area contributed by atoms with E-state index in [1.54, 1.807) is 7.11 Å². The number of piperidine rings is 2. The monoisotopic (exact) mass is 312 g/mol. The molecule has 128 valence electrons. The summed E-state index contributed by atoms with van der Waals surface area (Å²) in [4.78, 5) is 17.0. The second kappa shape index (κ2) is 8.70. The van der Waals surface area contributed by atoms with Crippen molar-refractivity contribution in [2.24, 2.45) is 0 Å². The van der Waals surface area contributed by atoms with E-state index in [1.165, 1.54) is 32.4 Å². The van der Waals surface area contributed by atoms with Crippen LogP contribution in [-0.2, 0) is 4.74 Å². The van der Waals surface area contributed by atoms with Crippen molar-refractivity contribution in [3.63, 3.8) is 0 Å². The van der Waals surface area contributed by atoms with Gasteiger partial charge in [-0.05, 0) is 58.9 Å². The zero-order valence-corrected chi connectivity index (χ0v) is 14.2. The maximum absolute atomic E-state index is 11.9. The normalized spacial score (nSPS) is 23.2. The largest absolute Gasteiger partial charge is 0.383 e. The van der Waals surface area contributed by atoms with E-state index in [0.29, 0.717) is 13.2 Å². The Bertz CT molecular complexity index is 337.